The van der Waals surface area contributed by atoms with Crippen molar-refractivity contribution in [1.82, 2.24) is 10.3 Å². The molecule has 0 aliphatic carbocycles. The molecule has 1 heterocycles. The molecule has 1 rings (SSSR count). The lowest BCUT2D eigenvalue weighted by Gasteiger charge is -2.24. The normalized spacial score (nSPS) is 15.4. The molecule has 1 aromatic rings. The highest BCUT2D eigenvalue weighted by molar-refractivity contribution is 4.95. The zero-order valence-corrected chi connectivity index (χ0v) is 10.5. The van der Waals surface area contributed by atoms with Crippen molar-refractivity contribution in [2.45, 2.75) is 39.1 Å². The highest BCUT2D eigenvalue weighted by Crippen LogP contribution is 2.13. The molecule has 2 unspecified atom stereocenters. The van der Waals surface area contributed by atoms with Gasteiger partial charge in [-0.2, -0.15) is 0 Å². The molecule has 0 radical (unpaired) electrons. The summed E-state index contributed by atoms with van der Waals surface area (Å²) in [4.78, 5) is 4.17. The first kappa shape index (κ1) is 13.2. The third-order valence-electron chi connectivity index (χ3n) is 2.40. The number of hydrogen-bond donors (Lipinski definition) is 1. The number of rotatable bonds is 6. The molecule has 1 aromatic heterocycles. The van der Waals surface area contributed by atoms with Crippen LogP contribution in [-0.2, 0) is 9.47 Å². The molecule has 92 valence electrons. The monoisotopic (exact) mass is 228 g/mol. The summed E-state index contributed by atoms with van der Waals surface area (Å²) < 4.78 is 15.8. The van der Waals surface area contributed by atoms with E-state index in [2.05, 4.69) is 10.3 Å². The van der Waals surface area contributed by atoms with Crippen LogP contribution in [0, 0.1) is 6.92 Å². The van der Waals surface area contributed by atoms with Crippen molar-refractivity contribution in [3.63, 3.8) is 0 Å². The van der Waals surface area contributed by atoms with Gasteiger partial charge in [-0.3, -0.25) is 5.32 Å². The largest absolute Gasteiger partial charge is 0.444 e. The molecule has 0 aliphatic rings. The Morgan fingerprint density at radius 2 is 1.94 bits per heavy atom. The van der Waals surface area contributed by atoms with E-state index < -0.39 is 0 Å². The van der Waals surface area contributed by atoms with Crippen molar-refractivity contribution in [3.8, 4) is 0 Å². The summed E-state index contributed by atoms with van der Waals surface area (Å²) in [5, 5.41) is 3.31. The first-order valence-corrected chi connectivity index (χ1v) is 5.32. The topological polar surface area (TPSA) is 56.5 Å². The SMILES string of the molecule is COC(OC)C(C)NC(C)c1ncc(C)o1. The Hall–Kier alpha value is -0.910. The van der Waals surface area contributed by atoms with Crippen LogP contribution in [0.1, 0.15) is 31.5 Å². The summed E-state index contributed by atoms with van der Waals surface area (Å²) in [7, 11) is 3.23. The molecule has 5 heteroatoms. The Labute approximate surface area is 96.1 Å². The minimum absolute atomic E-state index is 0.0245. The van der Waals surface area contributed by atoms with E-state index in [1.54, 1.807) is 20.4 Å². The van der Waals surface area contributed by atoms with Gasteiger partial charge in [0.15, 0.2) is 6.29 Å². The van der Waals surface area contributed by atoms with Crippen LogP contribution in [0.5, 0.6) is 0 Å². The molecule has 16 heavy (non-hydrogen) atoms. The lowest BCUT2D eigenvalue weighted by Crippen LogP contribution is -2.40. The first-order valence-electron chi connectivity index (χ1n) is 5.32. The number of aryl methyl sites for hydroxylation is 1. The molecule has 2 atom stereocenters. The van der Waals surface area contributed by atoms with Crippen LogP contribution < -0.4 is 5.32 Å². The van der Waals surface area contributed by atoms with E-state index >= 15 is 0 Å². The van der Waals surface area contributed by atoms with Crippen LogP contribution in [-0.4, -0.2) is 31.5 Å². The fourth-order valence-corrected chi connectivity index (χ4v) is 1.62. The van der Waals surface area contributed by atoms with Crippen LogP contribution >= 0.6 is 0 Å². The highest BCUT2D eigenvalue weighted by atomic mass is 16.7. The number of ether oxygens (including phenoxy) is 2. The number of hydrogen-bond acceptors (Lipinski definition) is 5. The lowest BCUT2D eigenvalue weighted by atomic mass is 10.2. The molecule has 0 spiro atoms. The fraction of sp³-hybridized carbons (Fsp3) is 0.727. The number of aromatic nitrogens is 1. The summed E-state index contributed by atoms with van der Waals surface area (Å²) in [6.45, 7) is 5.86. The van der Waals surface area contributed by atoms with E-state index in [1.807, 2.05) is 20.8 Å². The zero-order valence-electron chi connectivity index (χ0n) is 10.5. The lowest BCUT2D eigenvalue weighted by molar-refractivity contribution is -0.121. The molecule has 0 aliphatic heterocycles. The van der Waals surface area contributed by atoms with E-state index in [0.29, 0.717) is 5.89 Å². The maximum absolute atomic E-state index is 5.44. The van der Waals surface area contributed by atoms with Crippen LogP contribution in [0.15, 0.2) is 10.6 Å². The molecule has 0 saturated carbocycles. The van der Waals surface area contributed by atoms with Gasteiger partial charge >= 0.3 is 0 Å². The van der Waals surface area contributed by atoms with Crippen molar-refractivity contribution < 1.29 is 13.9 Å². The van der Waals surface area contributed by atoms with Gasteiger partial charge < -0.3 is 13.9 Å². The number of nitrogens with one attached hydrogen (secondary N) is 1. The maximum atomic E-state index is 5.44. The third-order valence-corrected chi connectivity index (χ3v) is 2.40. The molecule has 0 fully saturated rings. The van der Waals surface area contributed by atoms with Crippen molar-refractivity contribution >= 4 is 0 Å². The average Bonchev–Trinajstić information content (AvgIpc) is 2.66. The van der Waals surface area contributed by atoms with Gasteiger partial charge in [0, 0.05) is 14.2 Å². The summed E-state index contributed by atoms with van der Waals surface area (Å²) >= 11 is 0. The Bertz CT molecular complexity index is 310. The number of methoxy groups -OCH3 is 2. The standard InChI is InChI=1S/C11H20N2O3/c1-7-6-12-10(16-7)8(2)13-9(3)11(14-4)15-5/h6,8-9,11,13H,1-5H3. The predicted octanol–water partition coefficient (Wildman–Crippen LogP) is 1.64. The molecule has 0 saturated heterocycles. The van der Waals surface area contributed by atoms with Gasteiger partial charge in [-0.25, -0.2) is 4.98 Å². The first-order chi connectivity index (χ1) is 7.58. The molecular weight excluding hydrogens is 208 g/mol. The molecule has 5 nitrogen and oxygen atoms in total. The van der Waals surface area contributed by atoms with E-state index in [1.165, 1.54) is 0 Å². The van der Waals surface area contributed by atoms with E-state index in [0.717, 1.165) is 5.76 Å². The van der Waals surface area contributed by atoms with E-state index in [9.17, 15) is 0 Å². The Morgan fingerprint density at radius 3 is 2.38 bits per heavy atom. The predicted molar refractivity (Wildman–Crippen MR) is 60.1 cm³/mol. The second kappa shape index (κ2) is 5.98. The van der Waals surface area contributed by atoms with Crippen LogP contribution in [0.25, 0.3) is 0 Å². The zero-order chi connectivity index (χ0) is 12.1. The molecular formula is C11H20N2O3. The number of nitrogens with zero attached hydrogens (tertiary/aromatic N) is 1. The Kier molecular flexibility index (Phi) is 4.92. The minimum Gasteiger partial charge on any atom is -0.444 e. The van der Waals surface area contributed by atoms with Crippen LogP contribution in [0.3, 0.4) is 0 Å². The molecule has 0 amide bonds. The highest BCUT2D eigenvalue weighted by Gasteiger charge is 2.20. The van der Waals surface area contributed by atoms with Gasteiger partial charge in [0.1, 0.15) is 5.76 Å². The van der Waals surface area contributed by atoms with Crippen LogP contribution in [0.4, 0.5) is 0 Å². The van der Waals surface area contributed by atoms with Gasteiger partial charge in [0.25, 0.3) is 0 Å². The minimum atomic E-state index is -0.279. The van der Waals surface area contributed by atoms with Gasteiger partial charge in [-0.05, 0) is 20.8 Å². The second-order valence-corrected chi connectivity index (χ2v) is 3.83. The quantitative estimate of drug-likeness (QED) is 0.750. The Morgan fingerprint density at radius 1 is 1.31 bits per heavy atom. The molecule has 0 aromatic carbocycles. The van der Waals surface area contributed by atoms with Gasteiger partial charge in [0.05, 0.1) is 18.3 Å². The second-order valence-electron chi connectivity index (χ2n) is 3.83. The third kappa shape index (κ3) is 3.30. The maximum Gasteiger partial charge on any atom is 0.211 e. The molecule has 0 bridgehead atoms. The van der Waals surface area contributed by atoms with Gasteiger partial charge in [-0.1, -0.05) is 0 Å². The smallest absolute Gasteiger partial charge is 0.211 e. The summed E-state index contributed by atoms with van der Waals surface area (Å²) in [5.41, 5.74) is 0. The van der Waals surface area contributed by atoms with E-state index in [4.69, 9.17) is 13.9 Å². The van der Waals surface area contributed by atoms with Crippen molar-refractivity contribution in [1.29, 1.82) is 0 Å². The average molecular weight is 228 g/mol. The Balaban J connectivity index is 2.53. The summed E-state index contributed by atoms with van der Waals surface area (Å²) in [5.74, 6) is 1.49. The molecule has 1 N–H and O–H groups in total. The fourth-order valence-electron chi connectivity index (χ4n) is 1.62. The van der Waals surface area contributed by atoms with Gasteiger partial charge in [-0.15, -0.1) is 0 Å². The summed E-state index contributed by atoms with van der Waals surface area (Å²) in [6, 6.07) is 0.0775. The van der Waals surface area contributed by atoms with Gasteiger partial charge in [0.2, 0.25) is 5.89 Å². The van der Waals surface area contributed by atoms with E-state index in [-0.39, 0.29) is 18.4 Å². The van der Waals surface area contributed by atoms with Crippen molar-refractivity contribution in [3.05, 3.63) is 17.8 Å². The number of oxazole rings is 1. The van der Waals surface area contributed by atoms with Crippen LogP contribution in [0.2, 0.25) is 0 Å². The van der Waals surface area contributed by atoms with Crippen molar-refractivity contribution in [2.75, 3.05) is 14.2 Å². The summed E-state index contributed by atoms with van der Waals surface area (Å²) in [6.07, 6.45) is 1.43. The van der Waals surface area contributed by atoms with Crippen molar-refractivity contribution in [2.24, 2.45) is 0 Å².